The Labute approximate surface area is 172 Å². The van der Waals surface area contributed by atoms with Crippen molar-refractivity contribution in [3.8, 4) is 17.2 Å². The molecule has 2 unspecified atom stereocenters. The second-order valence-electron chi connectivity index (χ2n) is 6.85. The fourth-order valence-corrected chi connectivity index (χ4v) is 4.63. The summed E-state index contributed by atoms with van der Waals surface area (Å²) in [6, 6.07) is 6.83. The molecule has 0 aliphatic heterocycles. The number of hydrogen-bond acceptors (Lipinski definition) is 6. The zero-order valence-corrected chi connectivity index (χ0v) is 18.7. The second-order valence-corrected chi connectivity index (χ2v) is 8.68. The number of carbonyl (C=O) groups excluding carboxylic acids is 2. The number of aryl methyl sites for hydroxylation is 3. The molecule has 0 aliphatic rings. The third kappa shape index (κ3) is 4.48. The van der Waals surface area contributed by atoms with Crippen LogP contribution in [0.2, 0.25) is 0 Å². The fourth-order valence-electron chi connectivity index (χ4n) is 3.37. The number of hydrogen-bond donors (Lipinski definition) is 0. The van der Waals surface area contributed by atoms with E-state index in [2.05, 4.69) is 0 Å². The number of ether oxygens (including phenoxy) is 3. The predicted molar refractivity (Wildman–Crippen MR) is 112 cm³/mol. The van der Waals surface area contributed by atoms with Crippen molar-refractivity contribution in [2.75, 3.05) is 21.3 Å². The molecule has 29 heavy (non-hydrogen) atoms. The topological polar surface area (TPSA) is 78.9 Å². The van der Waals surface area contributed by atoms with E-state index in [0.29, 0.717) is 11.3 Å². The molecule has 2 atom stereocenters. The molecule has 0 amide bonds. The molecule has 7 heteroatoms. The molecule has 2 aromatic carbocycles. The Bertz CT molecular complexity index is 931. The summed E-state index contributed by atoms with van der Waals surface area (Å²) < 4.78 is 28.9. The van der Waals surface area contributed by atoms with Crippen LogP contribution in [0.15, 0.2) is 24.3 Å². The van der Waals surface area contributed by atoms with Gasteiger partial charge in [0.25, 0.3) is 0 Å². The van der Waals surface area contributed by atoms with Crippen LogP contribution < -0.4 is 14.2 Å². The lowest BCUT2D eigenvalue weighted by Crippen LogP contribution is -2.19. The van der Waals surface area contributed by atoms with Gasteiger partial charge < -0.3 is 14.2 Å². The number of benzene rings is 2. The molecule has 0 aliphatic carbocycles. The average molecular weight is 417 g/mol. The number of methoxy groups -OCH3 is 3. The van der Waals surface area contributed by atoms with Gasteiger partial charge in [-0.2, -0.15) is 0 Å². The van der Waals surface area contributed by atoms with Gasteiger partial charge in [-0.3, -0.25) is 14.2 Å². The molecule has 0 N–H and O–H groups in total. The van der Waals surface area contributed by atoms with Crippen molar-refractivity contribution in [3.05, 3.63) is 52.1 Å². The normalized spacial score (nSPS) is 12.2. The number of Topliss-reactive ketones (excluding diaryl/α,β-unsaturated/α-hetero) is 1. The van der Waals surface area contributed by atoms with Crippen LogP contribution in [0.25, 0.3) is 0 Å². The van der Waals surface area contributed by atoms with Gasteiger partial charge in [-0.25, -0.2) is 0 Å². The van der Waals surface area contributed by atoms with E-state index in [0.717, 1.165) is 16.7 Å². The van der Waals surface area contributed by atoms with Crippen molar-refractivity contribution in [1.82, 2.24) is 0 Å². The van der Waals surface area contributed by atoms with E-state index in [9.17, 15) is 14.2 Å². The lowest BCUT2D eigenvalue weighted by Gasteiger charge is -2.17. The Morgan fingerprint density at radius 3 is 1.72 bits per heavy atom. The van der Waals surface area contributed by atoms with Crippen LogP contribution in [0.4, 0.5) is 0 Å². The molecule has 0 spiro atoms. The van der Waals surface area contributed by atoms with Crippen molar-refractivity contribution < 1.29 is 28.4 Å². The number of carbonyl (C=O) groups is 2. The summed E-state index contributed by atoms with van der Waals surface area (Å²) in [6.07, 6.45) is 0. The Hall–Kier alpha value is -2.72. The lowest BCUT2D eigenvalue weighted by molar-refractivity contribution is 0.0976. The van der Waals surface area contributed by atoms with Crippen molar-refractivity contribution in [2.45, 2.75) is 33.4 Å². The van der Waals surface area contributed by atoms with Crippen molar-refractivity contribution >= 4 is 19.1 Å². The van der Waals surface area contributed by atoms with E-state index in [1.807, 2.05) is 19.1 Å². The summed E-state index contributed by atoms with van der Waals surface area (Å²) >= 11 is 0. The molecule has 2 aromatic rings. The molecule has 0 bridgehead atoms. The Morgan fingerprint density at radius 2 is 1.31 bits per heavy atom. The third-order valence-electron chi connectivity index (χ3n) is 4.78. The Balaban J connectivity index is 2.45. The molecule has 0 saturated heterocycles. The van der Waals surface area contributed by atoms with E-state index < -0.39 is 24.8 Å². The number of rotatable bonds is 8. The SMILES string of the molecule is COc1cc(OC)c(C(=O)C(C)[P](=O)C(=O)c2c(C)cc(C)cc2C)c(OC)c1. The van der Waals surface area contributed by atoms with Crippen LogP contribution in [-0.2, 0) is 4.57 Å². The predicted octanol–water partition coefficient (Wildman–Crippen LogP) is 4.88. The highest BCUT2D eigenvalue weighted by Gasteiger charge is 2.33. The quantitative estimate of drug-likeness (QED) is 0.450. The molecule has 155 valence electrons. The second kappa shape index (κ2) is 9.19. The highest BCUT2D eigenvalue weighted by molar-refractivity contribution is 7.66. The maximum absolute atomic E-state index is 13.2. The molecule has 2 rings (SSSR count). The summed E-state index contributed by atoms with van der Waals surface area (Å²) in [5.41, 5.74) is 1.48. The molecule has 0 heterocycles. The van der Waals surface area contributed by atoms with Crippen molar-refractivity contribution in [3.63, 3.8) is 0 Å². The highest BCUT2D eigenvalue weighted by Crippen LogP contribution is 2.41. The first-order valence-electron chi connectivity index (χ1n) is 9.09. The van der Waals surface area contributed by atoms with Gasteiger partial charge in [0.05, 0.1) is 27.0 Å². The largest absolute Gasteiger partial charge is 0.496 e. The summed E-state index contributed by atoms with van der Waals surface area (Å²) in [6.45, 7) is 7.03. The highest BCUT2D eigenvalue weighted by atomic mass is 31.1. The molecular formula is C22H26O6P. The van der Waals surface area contributed by atoms with Gasteiger partial charge in [-0.1, -0.05) is 17.7 Å². The zero-order chi connectivity index (χ0) is 21.9. The summed E-state index contributed by atoms with van der Waals surface area (Å²) in [4.78, 5) is 26.1. The standard InChI is InChI=1S/C22H26O6P/c1-12-8-13(2)19(14(3)9-12)22(24)29(25)15(4)21(23)20-17(27-6)10-16(26-5)11-18(20)28-7/h8-11,15H,1-7H3. The van der Waals surface area contributed by atoms with Gasteiger partial charge in [-0.15, -0.1) is 0 Å². The molecule has 0 saturated carbocycles. The average Bonchev–Trinajstić information content (AvgIpc) is 2.69. The van der Waals surface area contributed by atoms with Crippen LogP contribution in [0, 0.1) is 20.8 Å². The molecule has 6 nitrogen and oxygen atoms in total. The summed E-state index contributed by atoms with van der Waals surface area (Å²) in [5.74, 6) is 0.431. The van der Waals surface area contributed by atoms with Crippen LogP contribution in [0.5, 0.6) is 17.2 Å². The summed E-state index contributed by atoms with van der Waals surface area (Å²) in [7, 11) is 1.81. The Kier molecular flexibility index (Phi) is 7.15. The summed E-state index contributed by atoms with van der Waals surface area (Å²) in [5, 5.41) is 0. The van der Waals surface area contributed by atoms with Crippen LogP contribution in [0.1, 0.15) is 44.3 Å². The molecule has 0 aromatic heterocycles. The first kappa shape index (κ1) is 22.6. The lowest BCUT2D eigenvalue weighted by atomic mass is 10.0. The van der Waals surface area contributed by atoms with Gasteiger partial charge in [0.2, 0.25) is 5.52 Å². The van der Waals surface area contributed by atoms with E-state index in [1.54, 1.807) is 26.0 Å². The third-order valence-corrected chi connectivity index (χ3v) is 6.35. The first-order chi connectivity index (χ1) is 13.7. The molecule has 0 fully saturated rings. The Morgan fingerprint density at radius 1 is 0.828 bits per heavy atom. The first-order valence-corrected chi connectivity index (χ1v) is 10.4. The maximum atomic E-state index is 13.2. The number of ketones is 1. The van der Waals surface area contributed by atoms with E-state index in [-0.39, 0.29) is 17.1 Å². The minimum absolute atomic E-state index is 0.136. The van der Waals surface area contributed by atoms with Gasteiger partial charge in [0, 0.05) is 17.7 Å². The van der Waals surface area contributed by atoms with Gasteiger partial charge in [-0.05, 0) is 38.8 Å². The fraction of sp³-hybridized carbons (Fsp3) is 0.364. The monoisotopic (exact) mass is 417 g/mol. The minimum Gasteiger partial charge on any atom is -0.496 e. The maximum Gasteiger partial charge on any atom is 0.243 e. The van der Waals surface area contributed by atoms with Gasteiger partial charge in [0.15, 0.2) is 13.6 Å². The van der Waals surface area contributed by atoms with E-state index >= 15 is 0 Å². The smallest absolute Gasteiger partial charge is 0.243 e. The van der Waals surface area contributed by atoms with Crippen LogP contribution in [-0.4, -0.2) is 38.3 Å². The molecular weight excluding hydrogens is 391 g/mol. The van der Waals surface area contributed by atoms with Crippen LogP contribution in [0.3, 0.4) is 0 Å². The van der Waals surface area contributed by atoms with Gasteiger partial charge >= 0.3 is 0 Å². The van der Waals surface area contributed by atoms with Crippen LogP contribution >= 0.6 is 7.80 Å². The van der Waals surface area contributed by atoms with E-state index in [4.69, 9.17) is 14.2 Å². The van der Waals surface area contributed by atoms with Crippen molar-refractivity contribution in [2.24, 2.45) is 0 Å². The van der Waals surface area contributed by atoms with Crippen molar-refractivity contribution in [1.29, 1.82) is 0 Å². The van der Waals surface area contributed by atoms with Gasteiger partial charge in [0.1, 0.15) is 22.8 Å². The molecule has 1 radical (unpaired) electrons. The van der Waals surface area contributed by atoms with E-state index in [1.165, 1.54) is 28.3 Å². The minimum atomic E-state index is -2.51. The zero-order valence-electron chi connectivity index (χ0n) is 17.8.